The zero-order chi connectivity index (χ0) is 21.6. The molecule has 0 N–H and O–H groups in total. The summed E-state index contributed by atoms with van der Waals surface area (Å²) in [6, 6.07) is 13.0. The van der Waals surface area contributed by atoms with Crippen molar-refractivity contribution < 1.29 is 22.7 Å². The molecule has 7 nitrogen and oxygen atoms in total. The number of carbonyl (C=O) groups excluding carboxylic acids is 1. The summed E-state index contributed by atoms with van der Waals surface area (Å²) in [6.07, 6.45) is 3.63. The first-order valence-corrected chi connectivity index (χ1v) is 11.2. The lowest BCUT2D eigenvalue weighted by Crippen LogP contribution is -2.32. The van der Waals surface area contributed by atoms with Crippen molar-refractivity contribution in [1.82, 2.24) is 4.31 Å². The Labute approximate surface area is 176 Å². The molecular formula is C22H24N2O5S. The van der Waals surface area contributed by atoms with Crippen molar-refractivity contribution in [2.45, 2.75) is 37.2 Å². The third-order valence-electron chi connectivity index (χ3n) is 5.01. The van der Waals surface area contributed by atoms with Crippen LogP contribution in [0.3, 0.4) is 0 Å². The average Bonchev–Trinajstić information content (AvgIpc) is 3.07. The van der Waals surface area contributed by atoms with E-state index in [1.807, 2.05) is 6.07 Å². The van der Waals surface area contributed by atoms with Crippen molar-refractivity contribution in [2.75, 3.05) is 20.2 Å². The van der Waals surface area contributed by atoms with Crippen LogP contribution in [0.1, 0.15) is 47.2 Å². The second-order valence-corrected chi connectivity index (χ2v) is 8.98. The van der Waals surface area contributed by atoms with Crippen LogP contribution in [0.2, 0.25) is 0 Å². The summed E-state index contributed by atoms with van der Waals surface area (Å²) >= 11 is 0. The Balaban J connectivity index is 1.82. The molecule has 0 bridgehead atoms. The third-order valence-corrected chi connectivity index (χ3v) is 6.93. The maximum absolute atomic E-state index is 13.2. The molecule has 0 atom stereocenters. The van der Waals surface area contributed by atoms with Crippen LogP contribution in [-0.2, 0) is 21.4 Å². The molecule has 0 aliphatic carbocycles. The predicted molar refractivity (Wildman–Crippen MR) is 110 cm³/mol. The molecule has 1 heterocycles. The SMILES string of the molecule is COc1ccc(C(=O)OCc2cccc(C#N)c2)cc1S(=O)(=O)N1CCCCCC1. The largest absolute Gasteiger partial charge is 0.495 e. The fourth-order valence-electron chi connectivity index (χ4n) is 3.39. The fourth-order valence-corrected chi connectivity index (χ4v) is 5.09. The van der Waals surface area contributed by atoms with E-state index >= 15 is 0 Å². The Morgan fingerprint density at radius 1 is 1.10 bits per heavy atom. The molecule has 0 aromatic heterocycles. The van der Waals surface area contributed by atoms with E-state index in [1.165, 1.54) is 29.6 Å². The highest BCUT2D eigenvalue weighted by molar-refractivity contribution is 7.89. The van der Waals surface area contributed by atoms with Crippen LogP contribution >= 0.6 is 0 Å². The summed E-state index contributed by atoms with van der Waals surface area (Å²) in [4.78, 5) is 12.5. The molecule has 0 amide bonds. The lowest BCUT2D eigenvalue weighted by Gasteiger charge is -2.21. The predicted octanol–water partition coefficient (Wildman–Crippen LogP) is 3.49. The molecule has 3 rings (SSSR count). The minimum atomic E-state index is -3.80. The number of hydrogen-bond donors (Lipinski definition) is 0. The lowest BCUT2D eigenvalue weighted by atomic mass is 10.1. The molecule has 0 radical (unpaired) electrons. The molecule has 1 aliphatic heterocycles. The Kier molecular flexibility index (Phi) is 7.08. The minimum absolute atomic E-state index is 0.0193. The standard InChI is InChI=1S/C22H24N2O5S/c1-28-20-10-9-19(22(25)29-16-18-8-6-7-17(13-18)15-23)14-21(20)30(26,27)24-11-4-2-3-5-12-24/h6-10,13-14H,2-5,11-12,16H2,1H3. The second-order valence-electron chi connectivity index (χ2n) is 7.07. The van der Waals surface area contributed by atoms with Gasteiger partial charge in [-0.3, -0.25) is 0 Å². The fraction of sp³-hybridized carbons (Fsp3) is 0.364. The molecular weight excluding hydrogens is 404 g/mol. The monoisotopic (exact) mass is 428 g/mol. The van der Waals surface area contributed by atoms with Crippen molar-refractivity contribution in [1.29, 1.82) is 5.26 Å². The van der Waals surface area contributed by atoms with E-state index in [1.54, 1.807) is 24.3 Å². The molecule has 2 aromatic rings. The number of benzene rings is 2. The Bertz CT molecular complexity index is 1050. The van der Waals surface area contributed by atoms with Gasteiger partial charge in [-0.1, -0.05) is 25.0 Å². The molecule has 8 heteroatoms. The summed E-state index contributed by atoms with van der Waals surface area (Å²) in [7, 11) is -2.40. The highest BCUT2D eigenvalue weighted by Gasteiger charge is 2.29. The van der Waals surface area contributed by atoms with E-state index in [-0.39, 0.29) is 22.8 Å². The molecule has 1 aliphatic rings. The van der Waals surface area contributed by atoms with Gasteiger partial charge in [-0.25, -0.2) is 13.2 Å². The Morgan fingerprint density at radius 3 is 2.50 bits per heavy atom. The van der Waals surface area contributed by atoms with Crippen molar-refractivity contribution in [3.63, 3.8) is 0 Å². The number of sulfonamides is 1. The van der Waals surface area contributed by atoms with E-state index in [4.69, 9.17) is 14.7 Å². The van der Waals surface area contributed by atoms with Crippen molar-refractivity contribution >= 4 is 16.0 Å². The van der Waals surface area contributed by atoms with Crippen LogP contribution in [0, 0.1) is 11.3 Å². The lowest BCUT2D eigenvalue weighted by molar-refractivity contribution is 0.0472. The Morgan fingerprint density at radius 2 is 1.83 bits per heavy atom. The number of methoxy groups -OCH3 is 1. The summed E-state index contributed by atoms with van der Waals surface area (Å²) in [6.45, 7) is 0.888. The molecule has 30 heavy (non-hydrogen) atoms. The van der Waals surface area contributed by atoms with Crippen molar-refractivity contribution in [3.05, 3.63) is 59.2 Å². The van der Waals surface area contributed by atoms with Crippen LogP contribution in [0.25, 0.3) is 0 Å². The number of nitrogens with zero attached hydrogens (tertiary/aromatic N) is 2. The number of ether oxygens (including phenoxy) is 2. The van der Waals surface area contributed by atoms with E-state index in [0.29, 0.717) is 24.2 Å². The number of esters is 1. The van der Waals surface area contributed by atoms with Crippen molar-refractivity contribution in [3.8, 4) is 11.8 Å². The Hall–Kier alpha value is -2.89. The normalized spacial score (nSPS) is 15.1. The van der Waals surface area contributed by atoms with Gasteiger partial charge in [-0.05, 0) is 48.7 Å². The summed E-state index contributed by atoms with van der Waals surface area (Å²) in [5.74, 6) is -0.454. The van der Waals surface area contributed by atoms with E-state index < -0.39 is 16.0 Å². The second kappa shape index (κ2) is 9.74. The van der Waals surface area contributed by atoms with Gasteiger partial charge >= 0.3 is 5.97 Å². The number of carbonyl (C=O) groups is 1. The topological polar surface area (TPSA) is 96.7 Å². The highest BCUT2D eigenvalue weighted by Crippen LogP contribution is 2.29. The molecule has 0 spiro atoms. The maximum atomic E-state index is 13.2. The highest BCUT2D eigenvalue weighted by atomic mass is 32.2. The van der Waals surface area contributed by atoms with Crippen molar-refractivity contribution in [2.24, 2.45) is 0 Å². The number of hydrogen-bond acceptors (Lipinski definition) is 6. The van der Waals surface area contributed by atoms with Gasteiger partial charge in [0.15, 0.2) is 0 Å². The van der Waals surface area contributed by atoms with Gasteiger partial charge in [-0.15, -0.1) is 0 Å². The number of rotatable bonds is 6. The van der Waals surface area contributed by atoms with Gasteiger partial charge < -0.3 is 9.47 Å². The van der Waals surface area contributed by atoms with Crippen LogP contribution in [0.4, 0.5) is 0 Å². The number of nitriles is 1. The first-order chi connectivity index (χ1) is 14.5. The molecule has 1 saturated heterocycles. The summed E-state index contributed by atoms with van der Waals surface area (Å²) in [5, 5.41) is 8.97. The van der Waals surface area contributed by atoms with Crippen LogP contribution in [-0.4, -0.2) is 38.9 Å². The molecule has 0 unspecified atom stereocenters. The van der Waals surface area contributed by atoms with Crippen LogP contribution < -0.4 is 4.74 Å². The van der Waals surface area contributed by atoms with Gasteiger partial charge in [0, 0.05) is 13.1 Å². The first kappa shape index (κ1) is 21.8. The van der Waals surface area contributed by atoms with E-state index in [0.717, 1.165) is 25.7 Å². The maximum Gasteiger partial charge on any atom is 0.338 e. The summed E-state index contributed by atoms with van der Waals surface area (Å²) < 4.78 is 38.5. The molecule has 158 valence electrons. The zero-order valence-electron chi connectivity index (χ0n) is 16.8. The van der Waals surface area contributed by atoms with Gasteiger partial charge in [-0.2, -0.15) is 9.57 Å². The van der Waals surface area contributed by atoms with Crippen LogP contribution in [0.15, 0.2) is 47.4 Å². The summed E-state index contributed by atoms with van der Waals surface area (Å²) in [5.41, 5.74) is 1.27. The van der Waals surface area contributed by atoms with Gasteiger partial charge in [0.25, 0.3) is 0 Å². The van der Waals surface area contributed by atoms with E-state index in [2.05, 4.69) is 0 Å². The minimum Gasteiger partial charge on any atom is -0.495 e. The third kappa shape index (κ3) is 4.99. The van der Waals surface area contributed by atoms with E-state index in [9.17, 15) is 13.2 Å². The average molecular weight is 429 g/mol. The quantitative estimate of drug-likeness (QED) is 0.654. The zero-order valence-corrected chi connectivity index (χ0v) is 17.7. The molecule has 0 saturated carbocycles. The van der Waals surface area contributed by atoms with Crippen LogP contribution in [0.5, 0.6) is 5.75 Å². The van der Waals surface area contributed by atoms with Gasteiger partial charge in [0.05, 0.1) is 24.3 Å². The van der Waals surface area contributed by atoms with Gasteiger partial charge in [0.2, 0.25) is 10.0 Å². The molecule has 1 fully saturated rings. The van der Waals surface area contributed by atoms with Gasteiger partial charge in [0.1, 0.15) is 17.3 Å². The first-order valence-electron chi connectivity index (χ1n) is 9.80. The molecule has 2 aromatic carbocycles. The smallest absolute Gasteiger partial charge is 0.338 e.